The number of benzene rings is 2. The predicted molar refractivity (Wildman–Crippen MR) is 127 cm³/mol. The Morgan fingerprint density at radius 2 is 1.84 bits per heavy atom. The van der Waals surface area contributed by atoms with Gasteiger partial charge in [0.25, 0.3) is 5.91 Å². The van der Waals surface area contributed by atoms with Gasteiger partial charge in [0.1, 0.15) is 5.75 Å². The van der Waals surface area contributed by atoms with E-state index in [4.69, 9.17) is 4.74 Å². The first-order valence-corrected chi connectivity index (χ1v) is 12.3. The number of rotatable bonds is 11. The van der Waals surface area contributed by atoms with Crippen LogP contribution in [0, 0.1) is 0 Å². The van der Waals surface area contributed by atoms with Crippen LogP contribution in [0.2, 0.25) is 0 Å². The number of hydrogen-bond acceptors (Lipinski definition) is 5. The van der Waals surface area contributed by atoms with E-state index in [1.54, 1.807) is 48.5 Å². The van der Waals surface area contributed by atoms with Crippen LogP contribution < -0.4 is 19.7 Å². The van der Waals surface area contributed by atoms with Gasteiger partial charge in [-0.1, -0.05) is 25.1 Å². The molecule has 0 saturated carbocycles. The highest BCUT2D eigenvalue weighted by atomic mass is 32.2. The van der Waals surface area contributed by atoms with E-state index < -0.39 is 10.0 Å². The molecule has 2 aromatic carbocycles. The maximum Gasteiger partial charge on any atom is 0.253 e. The second-order valence-corrected chi connectivity index (χ2v) is 9.42. The molecule has 0 spiro atoms. The molecule has 0 aliphatic carbocycles. The van der Waals surface area contributed by atoms with Crippen LogP contribution in [0.3, 0.4) is 0 Å². The Kier molecular flexibility index (Phi) is 9.07. The van der Waals surface area contributed by atoms with Gasteiger partial charge >= 0.3 is 0 Å². The number of hydrogen-bond donors (Lipinski definition) is 2. The van der Waals surface area contributed by atoms with E-state index in [2.05, 4.69) is 10.6 Å². The summed E-state index contributed by atoms with van der Waals surface area (Å²) in [5.74, 6) is -0.00872. The van der Waals surface area contributed by atoms with E-state index in [0.29, 0.717) is 29.1 Å². The van der Waals surface area contributed by atoms with Crippen molar-refractivity contribution in [2.75, 3.05) is 29.5 Å². The van der Waals surface area contributed by atoms with Crippen molar-refractivity contribution in [1.29, 1.82) is 0 Å². The van der Waals surface area contributed by atoms with Crippen molar-refractivity contribution < 1.29 is 22.7 Å². The Morgan fingerprint density at radius 3 is 2.50 bits per heavy atom. The number of sulfonamides is 1. The molecular weight excluding hydrogens is 430 g/mol. The third kappa shape index (κ3) is 7.26. The fourth-order valence-electron chi connectivity index (χ4n) is 3.04. The van der Waals surface area contributed by atoms with Crippen LogP contribution in [0.25, 0.3) is 0 Å². The Morgan fingerprint density at radius 1 is 1.12 bits per heavy atom. The molecule has 32 heavy (non-hydrogen) atoms. The van der Waals surface area contributed by atoms with Crippen LogP contribution in [0.4, 0.5) is 11.4 Å². The van der Waals surface area contributed by atoms with Crippen molar-refractivity contribution in [2.24, 2.45) is 0 Å². The molecule has 0 bridgehead atoms. The van der Waals surface area contributed by atoms with Gasteiger partial charge in [-0.2, -0.15) is 0 Å². The fraction of sp³-hybridized carbons (Fsp3) is 0.391. The van der Waals surface area contributed by atoms with Gasteiger partial charge in [0.2, 0.25) is 15.9 Å². The summed E-state index contributed by atoms with van der Waals surface area (Å²) < 4.78 is 31.0. The number of ether oxygens (including phenoxy) is 1. The summed E-state index contributed by atoms with van der Waals surface area (Å²) in [6.07, 6.45) is 2.32. The Hall–Kier alpha value is -3.07. The minimum Gasteiger partial charge on any atom is -0.497 e. The highest BCUT2D eigenvalue weighted by molar-refractivity contribution is 7.92. The van der Waals surface area contributed by atoms with Crippen molar-refractivity contribution in [3.63, 3.8) is 0 Å². The Labute approximate surface area is 190 Å². The molecule has 2 rings (SSSR count). The minimum absolute atomic E-state index is 0.0184. The van der Waals surface area contributed by atoms with E-state index in [0.717, 1.165) is 12.7 Å². The molecular formula is C23H31N3O5S. The summed E-state index contributed by atoms with van der Waals surface area (Å²) in [5.41, 5.74) is 1.28. The zero-order valence-electron chi connectivity index (χ0n) is 18.9. The van der Waals surface area contributed by atoms with E-state index in [9.17, 15) is 18.0 Å². The van der Waals surface area contributed by atoms with Crippen LogP contribution in [-0.2, 0) is 14.8 Å². The van der Waals surface area contributed by atoms with E-state index >= 15 is 0 Å². The lowest BCUT2D eigenvalue weighted by Gasteiger charge is -2.22. The van der Waals surface area contributed by atoms with E-state index in [-0.39, 0.29) is 30.8 Å². The maximum atomic E-state index is 12.5. The minimum atomic E-state index is -3.54. The molecule has 174 valence electrons. The second-order valence-electron chi connectivity index (χ2n) is 7.52. The van der Waals surface area contributed by atoms with Crippen LogP contribution in [0.15, 0.2) is 48.5 Å². The summed E-state index contributed by atoms with van der Waals surface area (Å²) in [5, 5.41) is 5.65. The smallest absolute Gasteiger partial charge is 0.253 e. The molecule has 2 N–H and O–H groups in total. The van der Waals surface area contributed by atoms with Gasteiger partial charge < -0.3 is 15.4 Å². The molecule has 0 fully saturated rings. The molecule has 0 saturated heterocycles. The number of nitrogens with one attached hydrogen (secondary N) is 2. The highest BCUT2D eigenvalue weighted by Gasteiger charge is 2.19. The third-order valence-corrected chi connectivity index (χ3v) is 6.14. The summed E-state index contributed by atoms with van der Waals surface area (Å²) >= 11 is 0. The zero-order valence-corrected chi connectivity index (χ0v) is 19.7. The van der Waals surface area contributed by atoms with Crippen LogP contribution in [0.1, 0.15) is 43.5 Å². The molecule has 8 nitrogen and oxygen atoms in total. The monoisotopic (exact) mass is 461 g/mol. The first kappa shape index (κ1) is 25.2. The van der Waals surface area contributed by atoms with Crippen LogP contribution >= 0.6 is 0 Å². The molecule has 0 aromatic heterocycles. The summed E-state index contributed by atoms with van der Waals surface area (Å²) in [4.78, 5) is 25.0. The number of methoxy groups -OCH3 is 1. The molecule has 0 heterocycles. The number of carbonyl (C=O) groups is 2. The summed E-state index contributed by atoms with van der Waals surface area (Å²) in [6.45, 7) is 4.02. The largest absolute Gasteiger partial charge is 0.497 e. The van der Waals surface area contributed by atoms with Crippen molar-refractivity contribution in [1.82, 2.24) is 5.32 Å². The number of amides is 2. The van der Waals surface area contributed by atoms with E-state index in [1.807, 2.05) is 13.8 Å². The standard InChI is InChI=1S/C23H31N3O5S/c1-5-17(2)24-23(28)20-12-6-7-13-21(20)25-22(27)14-9-15-26(32(4,29)30)18-10-8-11-19(16-18)31-3/h6-8,10-13,16-17H,5,9,14-15H2,1-4H3,(H,24,28)(H,25,27). The summed E-state index contributed by atoms with van der Waals surface area (Å²) in [7, 11) is -2.03. The number of anilines is 2. The quantitative estimate of drug-likeness (QED) is 0.534. The lowest BCUT2D eigenvalue weighted by Crippen LogP contribution is -2.33. The molecule has 1 atom stereocenters. The lowest BCUT2D eigenvalue weighted by atomic mass is 10.1. The summed E-state index contributed by atoms with van der Waals surface area (Å²) in [6, 6.07) is 13.6. The third-order valence-electron chi connectivity index (χ3n) is 4.94. The molecule has 0 aliphatic heterocycles. The van der Waals surface area contributed by atoms with Crippen molar-refractivity contribution in [3.05, 3.63) is 54.1 Å². The fourth-order valence-corrected chi connectivity index (χ4v) is 4.00. The van der Waals surface area contributed by atoms with Gasteiger partial charge in [-0.3, -0.25) is 13.9 Å². The van der Waals surface area contributed by atoms with Crippen molar-refractivity contribution in [3.8, 4) is 5.75 Å². The van der Waals surface area contributed by atoms with Gasteiger partial charge in [0.05, 0.1) is 30.3 Å². The predicted octanol–water partition coefficient (Wildman–Crippen LogP) is 3.41. The Balaban J connectivity index is 2.02. The normalized spacial score (nSPS) is 12.0. The van der Waals surface area contributed by atoms with Crippen LogP contribution in [0.5, 0.6) is 5.75 Å². The second kappa shape index (κ2) is 11.5. The highest BCUT2D eigenvalue weighted by Crippen LogP contribution is 2.23. The van der Waals surface area contributed by atoms with Gasteiger partial charge in [-0.05, 0) is 44.0 Å². The topological polar surface area (TPSA) is 105 Å². The molecule has 9 heteroatoms. The Bertz CT molecular complexity index is 1040. The van der Waals surface area contributed by atoms with Gasteiger partial charge in [-0.15, -0.1) is 0 Å². The molecule has 2 aromatic rings. The average Bonchev–Trinajstić information content (AvgIpc) is 2.76. The van der Waals surface area contributed by atoms with Crippen molar-refractivity contribution >= 4 is 33.2 Å². The maximum absolute atomic E-state index is 12.5. The molecule has 0 radical (unpaired) electrons. The van der Waals surface area contributed by atoms with Gasteiger partial charge in [0.15, 0.2) is 0 Å². The zero-order chi connectivity index (χ0) is 23.7. The van der Waals surface area contributed by atoms with E-state index in [1.165, 1.54) is 11.4 Å². The number of carbonyl (C=O) groups excluding carboxylic acids is 2. The molecule has 0 aliphatic rings. The number of nitrogens with zero attached hydrogens (tertiary/aromatic N) is 1. The first-order valence-electron chi connectivity index (χ1n) is 10.5. The van der Waals surface area contributed by atoms with Gasteiger partial charge in [-0.25, -0.2) is 8.42 Å². The molecule has 2 amide bonds. The first-order chi connectivity index (χ1) is 15.2. The lowest BCUT2D eigenvalue weighted by molar-refractivity contribution is -0.116. The van der Waals surface area contributed by atoms with Gasteiger partial charge in [0, 0.05) is 25.1 Å². The number of para-hydroxylation sites is 1. The van der Waals surface area contributed by atoms with Crippen molar-refractivity contribution in [2.45, 2.75) is 39.2 Å². The SMILES string of the molecule is CCC(C)NC(=O)c1ccccc1NC(=O)CCCN(c1cccc(OC)c1)S(C)(=O)=O. The molecule has 1 unspecified atom stereocenters. The average molecular weight is 462 g/mol. The van der Waals surface area contributed by atoms with Crippen LogP contribution in [-0.4, -0.2) is 46.2 Å².